The SMILES string of the molecule is CN=C1S[C@@H](CC(=O)Nc2cccc3ccccc23)C(=O)N1C. The highest BCUT2D eigenvalue weighted by atomic mass is 32.2. The van der Waals surface area contributed by atoms with Crippen molar-refractivity contribution in [1.29, 1.82) is 0 Å². The van der Waals surface area contributed by atoms with Crippen LogP contribution in [0.25, 0.3) is 10.8 Å². The zero-order valence-corrected chi connectivity index (χ0v) is 13.8. The van der Waals surface area contributed by atoms with Gasteiger partial charge in [-0.1, -0.05) is 48.2 Å². The summed E-state index contributed by atoms with van der Waals surface area (Å²) < 4.78 is 0. The molecule has 1 heterocycles. The molecule has 6 heteroatoms. The molecule has 1 aliphatic heterocycles. The maximum Gasteiger partial charge on any atom is 0.242 e. The standard InChI is InChI=1S/C17H17N3O2S/c1-18-17-20(2)16(22)14(23-17)10-15(21)19-13-9-5-7-11-6-3-4-8-12(11)13/h3-9,14H,10H2,1-2H3,(H,19,21)/t14-/m0/s1. The summed E-state index contributed by atoms with van der Waals surface area (Å²) in [6, 6.07) is 13.6. The fraction of sp³-hybridized carbons (Fsp3) is 0.235. The van der Waals surface area contributed by atoms with Crippen molar-refractivity contribution in [3.8, 4) is 0 Å². The molecule has 0 radical (unpaired) electrons. The molecule has 118 valence electrons. The number of amides is 2. The minimum Gasteiger partial charge on any atom is -0.325 e. The van der Waals surface area contributed by atoms with E-state index in [1.165, 1.54) is 16.7 Å². The first-order valence-corrected chi connectivity index (χ1v) is 8.16. The van der Waals surface area contributed by atoms with Crippen LogP contribution in [0.15, 0.2) is 47.5 Å². The van der Waals surface area contributed by atoms with Crippen molar-refractivity contribution in [2.75, 3.05) is 19.4 Å². The van der Waals surface area contributed by atoms with E-state index in [9.17, 15) is 9.59 Å². The maximum atomic E-state index is 12.3. The van der Waals surface area contributed by atoms with Crippen LogP contribution >= 0.6 is 11.8 Å². The number of fused-ring (bicyclic) bond motifs is 1. The second kappa shape index (κ2) is 6.42. The van der Waals surface area contributed by atoms with Gasteiger partial charge in [-0.25, -0.2) is 0 Å². The topological polar surface area (TPSA) is 61.8 Å². The second-order valence-corrected chi connectivity index (χ2v) is 6.46. The molecule has 23 heavy (non-hydrogen) atoms. The van der Waals surface area contributed by atoms with Crippen LogP contribution in [0.5, 0.6) is 0 Å². The van der Waals surface area contributed by atoms with E-state index >= 15 is 0 Å². The Hall–Kier alpha value is -2.34. The molecule has 1 aliphatic rings. The van der Waals surface area contributed by atoms with Gasteiger partial charge in [-0.05, 0) is 11.5 Å². The molecule has 2 aromatic rings. The largest absolute Gasteiger partial charge is 0.325 e. The van der Waals surface area contributed by atoms with Gasteiger partial charge in [-0.15, -0.1) is 0 Å². The molecule has 5 nitrogen and oxygen atoms in total. The quantitative estimate of drug-likeness (QED) is 0.943. The minimum absolute atomic E-state index is 0.0799. The fourth-order valence-corrected chi connectivity index (χ4v) is 3.70. The Labute approximate surface area is 138 Å². The Balaban J connectivity index is 1.74. The zero-order chi connectivity index (χ0) is 16.4. The summed E-state index contributed by atoms with van der Waals surface area (Å²) in [4.78, 5) is 30.0. The molecule has 0 spiro atoms. The van der Waals surface area contributed by atoms with Crippen molar-refractivity contribution in [3.05, 3.63) is 42.5 Å². The summed E-state index contributed by atoms with van der Waals surface area (Å²) in [5, 5.41) is 5.21. The van der Waals surface area contributed by atoms with Gasteiger partial charge in [0.2, 0.25) is 11.8 Å². The first-order chi connectivity index (χ1) is 11.1. The fourth-order valence-electron chi connectivity index (χ4n) is 2.60. The van der Waals surface area contributed by atoms with Gasteiger partial charge in [0, 0.05) is 31.6 Å². The third-order valence-corrected chi connectivity index (χ3v) is 5.09. The van der Waals surface area contributed by atoms with Crippen LogP contribution < -0.4 is 5.32 Å². The van der Waals surface area contributed by atoms with Crippen molar-refractivity contribution in [2.45, 2.75) is 11.7 Å². The second-order valence-electron chi connectivity index (χ2n) is 5.29. The Morgan fingerprint density at radius 1 is 1.26 bits per heavy atom. The summed E-state index contributed by atoms with van der Waals surface area (Å²) in [7, 11) is 3.32. The number of carbonyl (C=O) groups excluding carboxylic acids is 2. The number of thioether (sulfide) groups is 1. The van der Waals surface area contributed by atoms with Gasteiger partial charge in [0.15, 0.2) is 5.17 Å². The van der Waals surface area contributed by atoms with E-state index in [1.54, 1.807) is 14.1 Å². The molecule has 3 rings (SSSR count). The van der Waals surface area contributed by atoms with Crippen molar-refractivity contribution in [2.24, 2.45) is 4.99 Å². The molecule has 1 fully saturated rings. The number of nitrogens with zero attached hydrogens (tertiary/aromatic N) is 2. The van der Waals surface area contributed by atoms with Crippen LogP contribution in [0.4, 0.5) is 5.69 Å². The first-order valence-electron chi connectivity index (χ1n) is 7.29. The van der Waals surface area contributed by atoms with Crippen LogP contribution in [-0.2, 0) is 9.59 Å². The van der Waals surface area contributed by atoms with E-state index < -0.39 is 5.25 Å². The highest BCUT2D eigenvalue weighted by Crippen LogP contribution is 2.29. The first kappa shape index (κ1) is 15.6. The number of aliphatic imine (C=N–C) groups is 1. The summed E-state index contributed by atoms with van der Waals surface area (Å²) in [6.07, 6.45) is 0.135. The number of amidine groups is 1. The smallest absolute Gasteiger partial charge is 0.242 e. The lowest BCUT2D eigenvalue weighted by Gasteiger charge is -2.11. The van der Waals surface area contributed by atoms with E-state index in [0.717, 1.165) is 16.5 Å². The molecule has 0 unspecified atom stereocenters. The molecule has 2 aromatic carbocycles. The van der Waals surface area contributed by atoms with Gasteiger partial charge in [-0.2, -0.15) is 0 Å². The molecule has 0 aromatic heterocycles. The Morgan fingerprint density at radius 2 is 2.00 bits per heavy atom. The number of hydrogen-bond donors (Lipinski definition) is 1. The number of anilines is 1. The number of hydrogen-bond acceptors (Lipinski definition) is 4. The molecule has 1 saturated heterocycles. The van der Waals surface area contributed by atoms with E-state index in [2.05, 4.69) is 10.3 Å². The molecular formula is C17H17N3O2S. The molecule has 2 amide bonds. The van der Waals surface area contributed by atoms with Crippen LogP contribution in [0.3, 0.4) is 0 Å². The molecule has 0 bridgehead atoms. The Morgan fingerprint density at radius 3 is 2.74 bits per heavy atom. The lowest BCUT2D eigenvalue weighted by Crippen LogP contribution is -2.30. The highest BCUT2D eigenvalue weighted by molar-refractivity contribution is 8.15. The average Bonchev–Trinajstić information content (AvgIpc) is 2.83. The lowest BCUT2D eigenvalue weighted by molar-refractivity contribution is -0.127. The van der Waals surface area contributed by atoms with Crippen molar-refractivity contribution in [3.63, 3.8) is 0 Å². The number of nitrogens with one attached hydrogen (secondary N) is 1. The van der Waals surface area contributed by atoms with Crippen molar-refractivity contribution in [1.82, 2.24) is 4.90 Å². The summed E-state index contributed by atoms with van der Waals surface area (Å²) >= 11 is 1.33. The van der Waals surface area contributed by atoms with Crippen LogP contribution in [-0.4, -0.2) is 41.2 Å². The maximum absolute atomic E-state index is 12.3. The summed E-state index contributed by atoms with van der Waals surface area (Å²) in [6.45, 7) is 0. The number of carbonyl (C=O) groups is 2. The average molecular weight is 327 g/mol. The molecule has 1 atom stereocenters. The normalized spacial score (nSPS) is 19.6. The van der Waals surface area contributed by atoms with Gasteiger partial charge >= 0.3 is 0 Å². The van der Waals surface area contributed by atoms with Gasteiger partial charge in [0.1, 0.15) is 5.25 Å². The van der Waals surface area contributed by atoms with Gasteiger partial charge < -0.3 is 5.32 Å². The molecule has 0 aliphatic carbocycles. The van der Waals surface area contributed by atoms with Crippen LogP contribution in [0, 0.1) is 0 Å². The van der Waals surface area contributed by atoms with E-state index in [4.69, 9.17) is 0 Å². The lowest BCUT2D eigenvalue weighted by atomic mass is 10.1. The van der Waals surface area contributed by atoms with E-state index in [-0.39, 0.29) is 18.2 Å². The van der Waals surface area contributed by atoms with Gasteiger partial charge in [0.25, 0.3) is 0 Å². The summed E-state index contributed by atoms with van der Waals surface area (Å²) in [5.41, 5.74) is 0.765. The molecular weight excluding hydrogens is 310 g/mol. The Kier molecular flexibility index (Phi) is 4.34. The third-order valence-electron chi connectivity index (χ3n) is 3.77. The van der Waals surface area contributed by atoms with Crippen molar-refractivity contribution >= 4 is 45.2 Å². The van der Waals surface area contributed by atoms with Crippen LogP contribution in [0.2, 0.25) is 0 Å². The highest BCUT2D eigenvalue weighted by Gasteiger charge is 2.36. The predicted octanol–water partition coefficient (Wildman–Crippen LogP) is 2.73. The molecule has 1 N–H and O–H groups in total. The van der Waals surface area contributed by atoms with Gasteiger partial charge in [0.05, 0.1) is 0 Å². The van der Waals surface area contributed by atoms with Crippen molar-refractivity contribution < 1.29 is 9.59 Å². The van der Waals surface area contributed by atoms with Crippen LogP contribution in [0.1, 0.15) is 6.42 Å². The van der Waals surface area contributed by atoms with E-state index in [0.29, 0.717) is 5.17 Å². The number of benzene rings is 2. The summed E-state index contributed by atoms with van der Waals surface area (Å²) in [5.74, 6) is -0.248. The monoisotopic (exact) mass is 327 g/mol. The van der Waals surface area contributed by atoms with Gasteiger partial charge in [-0.3, -0.25) is 19.5 Å². The molecule has 0 saturated carbocycles. The third kappa shape index (κ3) is 3.07. The minimum atomic E-state index is -0.409. The Bertz CT molecular complexity index is 798. The predicted molar refractivity (Wildman–Crippen MR) is 94.7 cm³/mol. The number of rotatable bonds is 3. The zero-order valence-electron chi connectivity index (χ0n) is 12.9. The van der Waals surface area contributed by atoms with E-state index in [1.807, 2.05) is 42.5 Å².